The van der Waals surface area contributed by atoms with Gasteiger partial charge in [-0.15, -0.1) is 0 Å². The summed E-state index contributed by atoms with van der Waals surface area (Å²) < 4.78 is 13.9. The van der Waals surface area contributed by atoms with Gasteiger partial charge in [0.05, 0.1) is 0 Å². The Bertz CT molecular complexity index is 884. The third kappa shape index (κ3) is 2.23. The van der Waals surface area contributed by atoms with Crippen LogP contribution in [0.3, 0.4) is 0 Å². The predicted octanol–water partition coefficient (Wildman–Crippen LogP) is 3.60. The van der Waals surface area contributed by atoms with Crippen molar-refractivity contribution in [3.63, 3.8) is 0 Å². The smallest absolute Gasteiger partial charge is 0.254 e. The third-order valence-corrected chi connectivity index (χ3v) is 3.70. The molecule has 0 aliphatic rings. The van der Waals surface area contributed by atoms with E-state index in [4.69, 9.17) is 0 Å². The van der Waals surface area contributed by atoms with E-state index in [2.05, 4.69) is 9.97 Å². The first-order chi connectivity index (χ1) is 10.1. The second-order valence-electron chi connectivity index (χ2n) is 4.97. The zero-order chi connectivity index (χ0) is 15.0. The van der Waals surface area contributed by atoms with Gasteiger partial charge >= 0.3 is 0 Å². The number of benzene rings is 2. The lowest BCUT2D eigenvalue weighted by Crippen LogP contribution is -2.16. The van der Waals surface area contributed by atoms with Crippen LogP contribution in [0.5, 0.6) is 0 Å². The minimum atomic E-state index is -0.279. The van der Waals surface area contributed by atoms with E-state index >= 15 is 0 Å². The lowest BCUT2D eigenvalue weighted by atomic mass is 10.0. The average Bonchev–Trinajstić information content (AvgIpc) is 2.47. The summed E-state index contributed by atoms with van der Waals surface area (Å²) in [5.74, 6) is 0.199. The number of aromatic amines is 1. The van der Waals surface area contributed by atoms with Gasteiger partial charge in [0.2, 0.25) is 0 Å². The first kappa shape index (κ1) is 13.5. The van der Waals surface area contributed by atoms with Crippen LogP contribution in [-0.4, -0.2) is 9.97 Å². The summed E-state index contributed by atoms with van der Waals surface area (Å²) in [6, 6.07) is 10.2. The van der Waals surface area contributed by atoms with Crippen LogP contribution < -0.4 is 5.56 Å². The highest BCUT2D eigenvalue weighted by molar-refractivity contribution is 5.95. The number of aromatic nitrogens is 2. The highest BCUT2D eigenvalue weighted by atomic mass is 19.1. The van der Waals surface area contributed by atoms with Crippen LogP contribution in [0.15, 0.2) is 41.2 Å². The van der Waals surface area contributed by atoms with E-state index in [1.807, 2.05) is 26.0 Å². The summed E-state index contributed by atoms with van der Waals surface area (Å²) in [4.78, 5) is 19.4. The number of hydrogen-bond acceptors (Lipinski definition) is 2. The number of aryl methyl sites for hydroxylation is 1. The molecule has 0 unspecified atom stereocenters. The van der Waals surface area contributed by atoms with Gasteiger partial charge in [0.1, 0.15) is 11.6 Å². The maximum Gasteiger partial charge on any atom is 0.254 e. The van der Waals surface area contributed by atoms with Crippen LogP contribution in [0, 0.1) is 12.7 Å². The van der Waals surface area contributed by atoms with E-state index in [1.54, 1.807) is 18.2 Å². The van der Waals surface area contributed by atoms with Gasteiger partial charge in [0.15, 0.2) is 0 Å². The molecule has 2 aromatic carbocycles. The van der Waals surface area contributed by atoms with Gasteiger partial charge in [-0.2, -0.15) is 0 Å². The van der Waals surface area contributed by atoms with Gasteiger partial charge in [0.25, 0.3) is 5.56 Å². The summed E-state index contributed by atoms with van der Waals surface area (Å²) in [6.07, 6.45) is 0.638. The van der Waals surface area contributed by atoms with Crippen molar-refractivity contribution in [2.75, 3.05) is 0 Å². The molecule has 0 saturated heterocycles. The molecule has 0 spiro atoms. The van der Waals surface area contributed by atoms with Crippen molar-refractivity contribution >= 4 is 10.8 Å². The molecule has 0 fully saturated rings. The Morgan fingerprint density at radius 2 is 1.86 bits per heavy atom. The Kier molecular flexibility index (Phi) is 3.29. The molecule has 0 aliphatic carbocycles. The van der Waals surface area contributed by atoms with Gasteiger partial charge in [-0.25, -0.2) is 9.37 Å². The predicted molar refractivity (Wildman–Crippen MR) is 81.9 cm³/mol. The fourth-order valence-electron chi connectivity index (χ4n) is 2.62. The van der Waals surface area contributed by atoms with E-state index in [9.17, 15) is 9.18 Å². The van der Waals surface area contributed by atoms with Crippen LogP contribution in [0.25, 0.3) is 22.2 Å². The fraction of sp³-hybridized carbons (Fsp3) is 0.176. The largest absolute Gasteiger partial charge is 0.306 e. The minimum Gasteiger partial charge on any atom is -0.306 e. The molecule has 0 aliphatic heterocycles. The van der Waals surface area contributed by atoms with Gasteiger partial charge in [-0.1, -0.05) is 31.2 Å². The second-order valence-corrected chi connectivity index (χ2v) is 4.97. The number of hydrogen-bond donors (Lipinski definition) is 1. The fourth-order valence-corrected chi connectivity index (χ4v) is 2.62. The maximum absolute atomic E-state index is 13.9. The number of nitrogens with one attached hydrogen (secondary N) is 1. The third-order valence-electron chi connectivity index (χ3n) is 3.70. The number of nitrogens with zero attached hydrogens (tertiary/aromatic N) is 1. The SMILES string of the molecule is CCc1c(C)nc(-c2ccc(F)c3ccccc23)[nH]c1=O. The Labute approximate surface area is 121 Å². The van der Waals surface area contributed by atoms with Crippen LogP contribution in [0.2, 0.25) is 0 Å². The first-order valence-corrected chi connectivity index (χ1v) is 6.89. The van der Waals surface area contributed by atoms with Crippen molar-refractivity contribution in [2.24, 2.45) is 0 Å². The molecule has 1 aromatic heterocycles. The van der Waals surface area contributed by atoms with Gasteiger partial charge in [-0.05, 0) is 30.9 Å². The van der Waals surface area contributed by atoms with E-state index in [1.165, 1.54) is 6.07 Å². The molecule has 1 heterocycles. The molecule has 3 rings (SSSR count). The maximum atomic E-state index is 13.9. The van der Waals surface area contributed by atoms with Gasteiger partial charge in [-0.3, -0.25) is 4.79 Å². The molecule has 106 valence electrons. The van der Waals surface area contributed by atoms with E-state index in [0.717, 1.165) is 10.9 Å². The van der Waals surface area contributed by atoms with E-state index in [0.29, 0.717) is 28.9 Å². The van der Waals surface area contributed by atoms with E-state index < -0.39 is 0 Å². The van der Waals surface area contributed by atoms with Crippen molar-refractivity contribution in [3.8, 4) is 11.4 Å². The quantitative estimate of drug-likeness (QED) is 0.780. The second kappa shape index (κ2) is 5.13. The molecular formula is C17H15FN2O. The standard InChI is InChI=1S/C17H15FN2O/c1-3-11-10(2)19-16(20-17(11)21)14-8-9-15(18)13-7-5-4-6-12(13)14/h4-9H,3H2,1-2H3,(H,19,20,21). The summed E-state index contributed by atoms with van der Waals surface area (Å²) in [7, 11) is 0. The zero-order valence-electron chi connectivity index (χ0n) is 11.9. The summed E-state index contributed by atoms with van der Waals surface area (Å²) in [6.45, 7) is 3.75. The highest BCUT2D eigenvalue weighted by Gasteiger charge is 2.12. The molecule has 0 bridgehead atoms. The average molecular weight is 282 g/mol. The van der Waals surface area contributed by atoms with Gasteiger partial charge < -0.3 is 4.98 Å². The first-order valence-electron chi connectivity index (χ1n) is 6.89. The summed E-state index contributed by atoms with van der Waals surface area (Å²) >= 11 is 0. The molecule has 0 atom stereocenters. The van der Waals surface area contributed by atoms with Crippen molar-refractivity contribution in [1.29, 1.82) is 0 Å². The summed E-state index contributed by atoms with van der Waals surface area (Å²) in [5, 5.41) is 1.26. The van der Waals surface area contributed by atoms with Crippen molar-refractivity contribution in [1.82, 2.24) is 9.97 Å². The highest BCUT2D eigenvalue weighted by Crippen LogP contribution is 2.27. The monoisotopic (exact) mass is 282 g/mol. The molecule has 0 saturated carbocycles. The molecule has 3 aromatic rings. The van der Waals surface area contributed by atoms with E-state index in [-0.39, 0.29) is 11.4 Å². The Morgan fingerprint density at radius 3 is 2.52 bits per heavy atom. The molecule has 1 N–H and O–H groups in total. The molecule has 21 heavy (non-hydrogen) atoms. The Morgan fingerprint density at radius 1 is 1.14 bits per heavy atom. The normalized spacial score (nSPS) is 11.0. The molecule has 4 heteroatoms. The topological polar surface area (TPSA) is 45.8 Å². The van der Waals surface area contributed by atoms with Crippen molar-refractivity contribution in [3.05, 3.63) is 63.8 Å². The van der Waals surface area contributed by atoms with Crippen LogP contribution in [-0.2, 0) is 6.42 Å². The zero-order valence-corrected chi connectivity index (χ0v) is 11.9. The van der Waals surface area contributed by atoms with Crippen molar-refractivity contribution in [2.45, 2.75) is 20.3 Å². The number of halogens is 1. The van der Waals surface area contributed by atoms with Crippen LogP contribution in [0.4, 0.5) is 4.39 Å². The Balaban J connectivity index is 2.32. The number of rotatable bonds is 2. The van der Waals surface area contributed by atoms with Crippen LogP contribution >= 0.6 is 0 Å². The van der Waals surface area contributed by atoms with Gasteiger partial charge in [0, 0.05) is 22.2 Å². The lowest BCUT2D eigenvalue weighted by Gasteiger charge is -2.09. The minimum absolute atomic E-state index is 0.131. The van der Waals surface area contributed by atoms with Crippen LogP contribution in [0.1, 0.15) is 18.2 Å². The molecule has 0 amide bonds. The Hall–Kier alpha value is -2.49. The number of fused-ring (bicyclic) bond motifs is 1. The van der Waals surface area contributed by atoms with Crippen molar-refractivity contribution < 1.29 is 4.39 Å². The summed E-state index contributed by atoms with van der Waals surface area (Å²) in [5.41, 5.74) is 2.00. The lowest BCUT2D eigenvalue weighted by molar-refractivity contribution is 0.640. The number of H-pyrrole nitrogens is 1. The molecule has 3 nitrogen and oxygen atoms in total. The molecule has 0 radical (unpaired) electrons. The molecular weight excluding hydrogens is 267 g/mol.